The molecule has 1 atom stereocenters. The van der Waals surface area contributed by atoms with Gasteiger partial charge in [0.25, 0.3) is 0 Å². The molecule has 0 radical (unpaired) electrons. The van der Waals surface area contributed by atoms with Crippen LogP contribution >= 0.6 is 0 Å². The topological polar surface area (TPSA) is 53.0 Å². The molecule has 1 heterocycles. The van der Waals surface area contributed by atoms with Gasteiger partial charge in [-0.25, -0.2) is 4.79 Å². The van der Waals surface area contributed by atoms with Gasteiger partial charge in [-0.15, -0.1) is 0 Å². The lowest BCUT2D eigenvalue weighted by Gasteiger charge is -2.40. The molecule has 1 saturated heterocycles. The first-order valence-electron chi connectivity index (χ1n) is 6.70. The maximum absolute atomic E-state index is 11.9. The second-order valence-electron chi connectivity index (χ2n) is 5.80. The van der Waals surface area contributed by atoms with E-state index in [1.165, 1.54) is 0 Å². The van der Waals surface area contributed by atoms with Gasteiger partial charge in [0.2, 0.25) is 0 Å². The number of piperazine rings is 1. The standard InChI is InChI=1S/C13H26N2O3/c1-5-6-14-7-8-15(9-11(14)10-16)12(17)18-13(2,3)4/h11,16H,5-10H2,1-4H3. The van der Waals surface area contributed by atoms with E-state index in [2.05, 4.69) is 11.8 Å². The van der Waals surface area contributed by atoms with E-state index in [4.69, 9.17) is 4.74 Å². The van der Waals surface area contributed by atoms with Crippen LogP contribution in [0, 0.1) is 0 Å². The van der Waals surface area contributed by atoms with Crippen molar-refractivity contribution in [2.45, 2.75) is 45.8 Å². The molecule has 0 aromatic heterocycles. The first-order valence-corrected chi connectivity index (χ1v) is 6.70. The molecule has 18 heavy (non-hydrogen) atoms. The molecule has 106 valence electrons. The highest BCUT2D eigenvalue weighted by molar-refractivity contribution is 5.68. The summed E-state index contributed by atoms with van der Waals surface area (Å²) in [6.45, 7) is 10.8. The second kappa shape index (κ2) is 6.38. The third kappa shape index (κ3) is 4.46. The maximum atomic E-state index is 11.9. The van der Waals surface area contributed by atoms with Crippen LogP contribution in [-0.4, -0.2) is 65.4 Å². The maximum Gasteiger partial charge on any atom is 0.410 e. The Labute approximate surface area is 110 Å². The normalized spacial score (nSPS) is 22.1. The van der Waals surface area contributed by atoms with Gasteiger partial charge >= 0.3 is 6.09 Å². The zero-order valence-electron chi connectivity index (χ0n) is 12.0. The largest absolute Gasteiger partial charge is 0.444 e. The van der Waals surface area contributed by atoms with E-state index in [1.807, 2.05) is 20.8 Å². The molecule has 1 unspecified atom stereocenters. The molecule has 1 N–H and O–H groups in total. The number of carbonyl (C=O) groups excluding carboxylic acids is 1. The van der Waals surface area contributed by atoms with Crippen molar-refractivity contribution in [1.82, 2.24) is 9.80 Å². The Morgan fingerprint density at radius 3 is 2.56 bits per heavy atom. The van der Waals surface area contributed by atoms with Crippen LogP contribution in [0.5, 0.6) is 0 Å². The summed E-state index contributed by atoms with van der Waals surface area (Å²) in [5.74, 6) is 0. The van der Waals surface area contributed by atoms with Crippen molar-refractivity contribution in [1.29, 1.82) is 0 Å². The minimum atomic E-state index is -0.466. The van der Waals surface area contributed by atoms with E-state index in [-0.39, 0.29) is 18.7 Å². The lowest BCUT2D eigenvalue weighted by molar-refractivity contribution is -0.00417. The van der Waals surface area contributed by atoms with Crippen LogP contribution in [0.3, 0.4) is 0 Å². The van der Waals surface area contributed by atoms with Gasteiger partial charge in [0.05, 0.1) is 12.6 Å². The van der Waals surface area contributed by atoms with Gasteiger partial charge in [-0.1, -0.05) is 6.92 Å². The molecule has 1 fully saturated rings. The number of aliphatic hydroxyl groups is 1. The van der Waals surface area contributed by atoms with E-state index in [1.54, 1.807) is 4.90 Å². The third-order valence-corrected chi connectivity index (χ3v) is 2.98. The lowest BCUT2D eigenvalue weighted by Crippen LogP contribution is -2.56. The number of hydrogen-bond acceptors (Lipinski definition) is 4. The summed E-state index contributed by atoms with van der Waals surface area (Å²) in [6, 6.07) is 0.0335. The average molecular weight is 258 g/mol. The summed E-state index contributed by atoms with van der Waals surface area (Å²) in [4.78, 5) is 15.9. The highest BCUT2D eigenvalue weighted by atomic mass is 16.6. The summed E-state index contributed by atoms with van der Waals surface area (Å²) in [6.07, 6.45) is 0.778. The van der Waals surface area contributed by atoms with Crippen molar-refractivity contribution >= 4 is 6.09 Å². The van der Waals surface area contributed by atoms with E-state index in [0.717, 1.165) is 19.5 Å². The van der Waals surface area contributed by atoms with Gasteiger partial charge in [-0.2, -0.15) is 0 Å². The molecular weight excluding hydrogens is 232 g/mol. The van der Waals surface area contributed by atoms with E-state index >= 15 is 0 Å². The Morgan fingerprint density at radius 2 is 2.06 bits per heavy atom. The molecule has 0 aromatic carbocycles. The molecule has 1 aliphatic heterocycles. The van der Waals surface area contributed by atoms with E-state index < -0.39 is 5.60 Å². The molecule has 0 spiro atoms. The van der Waals surface area contributed by atoms with Gasteiger partial charge in [0, 0.05) is 19.6 Å². The highest BCUT2D eigenvalue weighted by Gasteiger charge is 2.30. The number of rotatable bonds is 3. The monoisotopic (exact) mass is 258 g/mol. The van der Waals surface area contributed by atoms with Crippen LogP contribution in [0.25, 0.3) is 0 Å². The highest BCUT2D eigenvalue weighted by Crippen LogP contribution is 2.15. The zero-order chi connectivity index (χ0) is 13.8. The molecule has 1 aliphatic rings. The van der Waals surface area contributed by atoms with Gasteiger partial charge in [0.15, 0.2) is 0 Å². The average Bonchev–Trinajstić information content (AvgIpc) is 2.27. The number of carbonyl (C=O) groups is 1. The summed E-state index contributed by atoms with van der Waals surface area (Å²) >= 11 is 0. The Bertz CT molecular complexity index is 276. The van der Waals surface area contributed by atoms with E-state index in [0.29, 0.717) is 13.1 Å². The second-order valence-corrected chi connectivity index (χ2v) is 5.80. The minimum absolute atomic E-state index is 0.0335. The van der Waals surface area contributed by atoms with Gasteiger partial charge in [-0.05, 0) is 33.7 Å². The Morgan fingerprint density at radius 1 is 1.39 bits per heavy atom. The quantitative estimate of drug-likeness (QED) is 0.829. The first-order chi connectivity index (χ1) is 8.37. The number of hydrogen-bond donors (Lipinski definition) is 1. The van der Waals surface area contributed by atoms with Crippen molar-refractivity contribution in [3.8, 4) is 0 Å². The molecule has 0 bridgehead atoms. The fourth-order valence-corrected chi connectivity index (χ4v) is 2.14. The van der Waals surface area contributed by atoms with Crippen LogP contribution in [0.4, 0.5) is 4.79 Å². The molecular formula is C13H26N2O3. The number of amides is 1. The molecule has 0 aliphatic carbocycles. The fourth-order valence-electron chi connectivity index (χ4n) is 2.14. The predicted molar refractivity (Wildman–Crippen MR) is 70.5 cm³/mol. The SMILES string of the molecule is CCCN1CCN(C(=O)OC(C)(C)C)CC1CO. The summed E-state index contributed by atoms with van der Waals surface area (Å²) in [5, 5.41) is 9.40. The van der Waals surface area contributed by atoms with Crippen LogP contribution in [-0.2, 0) is 4.74 Å². The van der Waals surface area contributed by atoms with Crippen molar-refractivity contribution in [2.24, 2.45) is 0 Å². The van der Waals surface area contributed by atoms with Crippen LogP contribution in [0.15, 0.2) is 0 Å². The zero-order valence-corrected chi connectivity index (χ0v) is 12.0. The molecule has 5 heteroatoms. The summed E-state index contributed by atoms with van der Waals surface area (Å²) in [5.41, 5.74) is -0.466. The van der Waals surface area contributed by atoms with Crippen molar-refractivity contribution < 1.29 is 14.6 Å². The molecule has 1 amide bonds. The molecule has 1 rings (SSSR count). The van der Waals surface area contributed by atoms with E-state index in [9.17, 15) is 9.90 Å². The predicted octanol–water partition coefficient (Wildman–Crippen LogP) is 1.31. The van der Waals surface area contributed by atoms with Gasteiger partial charge in [-0.3, -0.25) is 4.90 Å². The Balaban J connectivity index is 2.54. The van der Waals surface area contributed by atoms with Crippen LogP contribution in [0.2, 0.25) is 0 Å². The number of ether oxygens (including phenoxy) is 1. The van der Waals surface area contributed by atoms with Gasteiger partial charge in [0.1, 0.15) is 5.60 Å². The number of nitrogens with zero attached hydrogens (tertiary/aromatic N) is 2. The van der Waals surface area contributed by atoms with Gasteiger partial charge < -0.3 is 14.7 Å². The molecule has 0 saturated carbocycles. The third-order valence-electron chi connectivity index (χ3n) is 2.98. The van der Waals surface area contributed by atoms with Crippen molar-refractivity contribution in [3.63, 3.8) is 0 Å². The Hall–Kier alpha value is -0.810. The van der Waals surface area contributed by atoms with Crippen LogP contribution in [0.1, 0.15) is 34.1 Å². The first kappa shape index (κ1) is 15.2. The summed E-state index contributed by atoms with van der Waals surface area (Å²) < 4.78 is 5.35. The van der Waals surface area contributed by atoms with Crippen molar-refractivity contribution in [3.05, 3.63) is 0 Å². The lowest BCUT2D eigenvalue weighted by atomic mass is 10.1. The number of aliphatic hydroxyl groups excluding tert-OH is 1. The summed E-state index contributed by atoms with van der Waals surface area (Å²) in [7, 11) is 0. The molecule has 0 aromatic rings. The van der Waals surface area contributed by atoms with Crippen LogP contribution < -0.4 is 0 Å². The minimum Gasteiger partial charge on any atom is -0.444 e. The van der Waals surface area contributed by atoms with Crippen molar-refractivity contribution in [2.75, 3.05) is 32.8 Å². The molecule has 5 nitrogen and oxygen atoms in total. The smallest absolute Gasteiger partial charge is 0.410 e. The Kier molecular flexibility index (Phi) is 5.41. The fraction of sp³-hybridized carbons (Fsp3) is 0.923.